The van der Waals surface area contributed by atoms with Crippen LogP contribution in [0.4, 0.5) is 0 Å². The number of hydrogen-bond donors (Lipinski definition) is 2. The molecule has 3 aromatic rings. The second kappa shape index (κ2) is 14.1. The van der Waals surface area contributed by atoms with Gasteiger partial charge in [-0.25, -0.2) is 9.59 Å². The van der Waals surface area contributed by atoms with E-state index >= 15 is 0 Å². The highest BCUT2D eigenvalue weighted by Gasteiger charge is 2.38. The van der Waals surface area contributed by atoms with E-state index in [0.29, 0.717) is 5.56 Å². The van der Waals surface area contributed by atoms with E-state index in [0.717, 1.165) is 29.2 Å². The molecule has 0 aliphatic heterocycles. The van der Waals surface area contributed by atoms with Gasteiger partial charge in [-0.2, -0.15) is 8.42 Å². The summed E-state index contributed by atoms with van der Waals surface area (Å²) >= 11 is 0. The van der Waals surface area contributed by atoms with Gasteiger partial charge < -0.3 is 24.7 Å². The lowest BCUT2D eigenvalue weighted by Crippen LogP contribution is -2.48. The highest BCUT2D eigenvalue weighted by Crippen LogP contribution is 2.23. The van der Waals surface area contributed by atoms with Crippen LogP contribution in [0, 0.1) is 26.2 Å². The predicted molar refractivity (Wildman–Crippen MR) is 151 cm³/mol. The molecule has 0 saturated carbocycles. The monoisotopic (exact) mass is 583 g/mol. The molecule has 0 radical (unpaired) electrons. The molecule has 218 valence electrons. The van der Waals surface area contributed by atoms with E-state index in [4.69, 9.17) is 23.8 Å². The lowest BCUT2D eigenvalue weighted by molar-refractivity contribution is -0.162. The van der Waals surface area contributed by atoms with Crippen LogP contribution in [0.5, 0.6) is 0 Å². The minimum atomic E-state index is -4.20. The number of aryl methyl sites for hydroxylation is 3. The summed E-state index contributed by atoms with van der Waals surface area (Å²) in [4.78, 5) is 25.8. The van der Waals surface area contributed by atoms with Crippen molar-refractivity contribution in [3.63, 3.8) is 0 Å². The van der Waals surface area contributed by atoms with Gasteiger partial charge in [0.1, 0.15) is 12.7 Å². The van der Waals surface area contributed by atoms with Crippen LogP contribution in [0.15, 0.2) is 72.8 Å². The number of rotatable bonds is 13. The number of benzene rings is 3. The zero-order valence-corrected chi connectivity index (χ0v) is 24.0. The second-order valence-electron chi connectivity index (χ2n) is 9.57. The molecule has 0 bridgehead atoms. The van der Waals surface area contributed by atoms with Crippen LogP contribution in [0.25, 0.3) is 0 Å². The van der Waals surface area contributed by atoms with Gasteiger partial charge in [0.15, 0.2) is 18.5 Å². The smallest absolute Gasteiger partial charge is 0.338 e. The summed E-state index contributed by atoms with van der Waals surface area (Å²) in [5.74, 6) is -1.65. The van der Waals surface area contributed by atoms with Gasteiger partial charge in [-0.3, -0.25) is 4.18 Å². The Morgan fingerprint density at radius 2 is 1.29 bits per heavy atom. The zero-order valence-electron chi connectivity index (χ0n) is 23.1. The first-order chi connectivity index (χ1) is 19.4. The fourth-order valence-corrected chi connectivity index (χ4v) is 4.35. The first-order valence-electron chi connectivity index (χ1n) is 12.7. The molecule has 0 heterocycles. The van der Waals surface area contributed by atoms with E-state index in [1.165, 1.54) is 12.1 Å². The van der Waals surface area contributed by atoms with E-state index in [1.54, 1.807) is 60.7 Å². The van der Waals surface area contributed by atoms with Crippen molar-refractivity contribution in [1.82, 2.24) is 0 Å². The van der Waals surface area contributed by atoms with Crippen LogP contribution in [-0.2, 0) is 28.5 Å². The van der Waals surface area contributed by atoms with Crippen LogP contribution in [0.2, 0.25) is 0 Å². The van der Waals surface area contributed by atoms with Gasteiger partial charge in [0.2, 0.25) is 0 Å². The Balaban J connectivity index is 1.94. The van der Waals surface area contributed by atoms with Gasteiger partial charge >= 0.3 is 11.9 Å². The zero-order chi connectivity index (χ0) is 30.2. The molecule has 10 nitrogen and oxygen atoms in total. The number of hydrogen-bond acceptors (Lipinski definition) is 10. The second-order valence-corrected chi connectivity index (χ2v) is 11.2. The summed E-state index contributed by atoms with van der Waals surface area (Å²) in [6.45, 7) is 4.87. The first kappa shape index (κ1) is 31.6. The Morgan fingerprint density at radius 1 is 0.829 bits per heavy atom. The highest BCUT2D eigenvalue weighted by atomic mass is 32.2. The fraction of sp³-hybridized carbons (Fsp3) is 0.300. The Bertz CT molecular complexity index is 1440. The third-order valence-corrected chi connectivity index (χ3v) is 6.59. The average molecular weight is 584 g/mol. The minimum Gasteiger partial charge on any atom is -0.459 e. The first-order valence-corrected chi connectivity index (χ1v) is 14.5. The standard InChI is InChI=1S/C30H33NO9S/c1-19-5-11-22(12-6-19)28(32)37-18-26(40-41(4,35)36)27(39-30(34)24-15-9-21(3)10-16-24)25(17-31)38-29(33)23-13-7-20(2)8-14-23/h5-17,25-27,29,31,33H,18H2,1-4H3/t25-,26-,27+,29?/m1/s1. The van der Waals surface area contributed by atoms with Gasteiger partial charge in [-0.1, -0.05) is 65.2 Å². The Morgan fingerprint density at radius 3 is 1.76 bits per heavy atom. The Kier molecular flexibility index (Phi) is 10.9. The highest BCUT2D eigenvalue weighted by molar-refractivity contribution is 7.86. The maximum Gasteiger partial charge on any atom is 0.338 e. The molecule has 0 aliphatic rings. The summed E-state index contributed by atoms with van der Waals surface area (Å²) in [5, 5.41) is 18.7. The average Bonchev–Trinajstić information content (AvgIpc) is 2.93. The van der Waals surface area contributed by atoms with Crippen molar-refractivity contribution in [2.45, 2.75) is 45.4 Å². The molecule has 4 atom stereocenters. The van der Waals surface area contributed by atoms with Gasteiger partial charge in [0.25, 0.3) is 10.1 Å². The SMILES string of the molecule is Cc1ccc(C(=O)OC[C@@H](OS(C)(=O)=O)[C@@H](OC(=O)c2ccc(C)cc2)[C@@H](C=N)OC(O)c2ccc(C)cc2)cc1. The van der Waals surface area contributed by atoms with Crippen molar-refractivity contribution in [1.29, 1.82) is 5.41 Å². The van der Waals surface area contributed by atoms with Gasteiger partial charge in [0.05, 0.1) is 17.4 Å². The van der Waals surface area contributed by atoms with Crippen molar-refractivity contribution >= 4 is 28.3 Å². The van der Waals surface area contributed by atoms with Crippen molar-refractivity contribution in [2.24, 2.45) is 0 Å². The number of ether oxygens (including phenoxy) is 3. The number of nitrogens with one attached hydrogen (secondary N) is 1. The van der Waals surface area contributed by atoms with E-state index in [2.05, 4.69) is 0 Å². The molecule has 0 amide bonds. The maximum atomic E-state index is 13.1. The summed E-state index contributed by atoms with van der Waals surface area (Å²) in [6.07, 6.45) is -4.83. The van der Waals surface area contributed by atoms with Crippen LogP contribution in [-0.4, -0.2) is 62.9 Å². The molecular weight excluding hydrogens is 550 g/mol. The molecule has 2 N–H and O–H groups in total. The van der Waals surface area contributed by atoms with Gasteiger partial charge in [0, 0.05) is 11.8 Å². The number of aliphatic hydroxyl groups excluding tert-OH is 1. The Labute approximate surface area is 239 Å². The molecule has 3 aromatic carbocycles. The van der Waals surface area contributed by atoms with Crippen LogP contribution in [0.1, 0.15) is 49.3 Å². The molecule has 11 heteroatoms. The van der Waals surface area contributed by atoms with E-state index < -0.39 is 53.3 Å². The third-order valence-electron chi connectivity index (χ3n) is 6.00. The molecule has 0 spiro atoms. The topological polar surface area (TPSA) is 149 Å². The van der Waals surface area contributed by atoms with Crippen molar-refractivity contribution in [2.75, 3.05) is 12.9 Å². The van der Waals surface area contributed by atoms with E-state index in [-0.39, 0.29) is 11.1 Å². The number of carbonyl (C=O) groups excluding carboxylic acids is 2. The van der Waals surface area contributed by atoms with Gasteiger partial charge in [-0.05, 0) is 45.0 Å². The van der Waals surface area contributed by atoms with Crippen molar-refractivity contribution in [3.05, 3.63) is 106 Å². The largest absolute Gasteiger partial charge is 0.459 e. The molecule has 0 aromatic heterocycles. The van der Waals surface area contributed by atoms with E-state index in [1.807, 2.05) is 20.8 Å². The van der Waals surface area contributed by atoms with Crippen LogP contribution >= 0.6 is 0 Å². The quantitative estimate of drug-likeness (QED) is 0.131. The van der Waals surface area contributed by atoms with Crippen LogP contribution < -0.4 is 0 Å². The lowest BCUT2D eigenvalue weighted by Gasteiger charge is -2.31. The molecule has 1 unspecified atom stereocenters. The van der Waals surface area contributed by atoms with Crippen molar-refractivity contribution < 1.29 is 41.5 Å². The molecule has 0 aliphatic carbocycles. The lowest BCUT2D eigenvalue weighted by atomic mass is 10.1. The summed E-state index contributed by atoms with van der Waals surface area (Å²) < 4.78 is 46.3. The molecule has 0 saturated heterocycles. The van der Waals surface area contributed by atoms with Gasteiger partial charge in [-0.15, -0.1) is 0 Å². The minimum absolute atomic E-state index is 0.137. The summed E-state index contributed by atoms with van der Waals surface area (Å²) in [5.41, 5.74) is 3.43. The number of aliphatic hydroxyl groups is 1. The van der Waals surface area contributed by atoms with E-state index in [9.17, 15) is 23.1 Å². The van der Waals surface area contributed by atoms with Crippen LogP contribution in [0.3, 0.4) is 0 Å². The molecule has 3 rings (SSSR count). The molecule has 41 heavy (non-hydrogen) atoms. The summed E-state index contributed by atoms with van der Waals surface area (Å²) in [6, 6.07) is 19.6. The molecule has 0 fully saturated rings. The maximum absolute atomic E-state index is 13.1. The number of carbonyl (C=O) groups is 2. The van der Waals surface area contributed by atoms with Crippen molar-refractivity contribution in [3.8, 4) is 0 Å². The normalized spacial score (nSPS) is 14.4. The Hall–Kier alpha value is -3.90. The number of esters is 2. The molecular formula is C30H33NO9S. The predicted octanol–water partition coefficient (Wildman–Crippen LogP) is 4.06. The summed E-state index contributed by atoms with van der Waals surface area (Å²) in [7, 11) is -4.20. The third kappa shape index (κ3) is 9.61. The fourth-order valence-electron chi connectivity index (χ4n) is 3.74.